The van der Waals surface area contributed by atoms with E-state index in [4.69, 9.17) is 14.6 Å². The van der Waals surface area contributed by atoms with Crippen LogP contribution in [0.2, 0.25) is 0 Å². The molecule has 0 saturated carbocycles. The van der Waals surface area contributed by atoms with Gasteiger partial charge in [-0.2, -0.15) is 0 Å². The molecule has 0 saturated heterocycles. The molecule has 1 aromatic carbocycles. The fourth-order valence-electron chi connectivity index (χ4n) is 1.72. The second kappa shape index (κ2) is 5.55. The van der Waals surface area contributed by atoms with Crippen molar-refractivity contribution in [1.82, 2.24) is 5.32 Å². The molecule has 0 atom stereocenters. The molecule has 18 heavy (non-hydrogen) atoms. The first-order chi connectivity index (χ1) is 8.65. The molecule has 1 aliphatic heterocycles. The molecule has 5 nitrogen and oxygen atoms in total. The maximum absolute atomic E-state index is 10.4. The molecule has 1 aromatic rings. The molecule has 2 N–H and O–H groups in total. The third-order valence-electron chi connectivity index (χ3n) is 2.54. The molecule has 1 heterocycles. The number of fused-ring (bicyclic) bond motifs is 1. The average Bonchev–Trinajstić information content (AvgIpc) is 2.75. The Bertz CT molecular complexity index is 482. The minimum Gasteiger partial charge on any atom is -0.478 e. The van der Waals surface area contributed by atoms with E-state index in [1.165, 1.54) is 6.08 Å². The number of rotatable bonds is 5. The van der Waals surface area contributed by atoms with Gasteiger partial charge in [0.05, 0.1) is 0 Å². The van der Waals surface area contributed by atoms with Crippen LogP contribution in [-0.4, -0.2) is 24.4 Å². The first-order valence-corrected chi connectivity index (χ1v) is 5.64. The highest BCUT2D eigenvalue weighted by Crippen LogP contribution is 2.32. The van der Waals surface area contributed by atoms with Crippen LogP contribution in [0.15, 0.2) is 29.8 Å². The highest BCUT2D eigenvalue weighted by atomic mass is 16.7. The minimum absolute atomic E-state index is 0.271. The number of benzene rings is 1. The van der Waals surface area contributed by atoms with Crippen molar-refractivity contribution in [2.75, 3.05) is 13.3 Å². The highest BCUT2D eigenvalue weighted by Gasteiger charge is 2.12. The molecule has 0 radical (unpaired) electrons. The highest BCUT2D eigenvalue weighted by molar-refractivity contribution is 5.80. The van der Waals surface area contributed by atoms with E-state index < -0.39 is 5.97 Å². The second-order valence-electron chi connectivity index (χ2n) is 4.12. The lowest BCUT2D eigenvalue weighted by atomic mass is 10.2. The SMILES string of the molecule is C/C(=C/C(=O)O)CNCc1ccc2c(c1)OCO2. The summed E-state index contributed by atoms with van der Waals surface area (Å²) in [4.78, 5) is 10.4. The number of hydrogen-bond donors (Lipinski definition) is 2. The van der Waals surface area contributed by atoms with Gasteiger partial charge in [-0.25, -0.2) is 4.79 Å². The molecule has 0 aliphatic carbocycles. The van der Waals surface area contributed by atoms with Crippen LogP contribution in [0, 0.1) is 0 Å². The summed E-state index contributed by atoms with van der Waals surface area (Å²) in [6.07, 6.45) is 1.20. The van der Waals surface area contributed by atoms with Crippen molar-refractivity contribution >= 4 is 5.97 Å². The van der Waals surface area contributed by atoms with Crippen molar-refractivity contribution in [1.29, 1.82) is 0 Å². The lowest BCUT2D eigenvalue weighted by Gasteiger charge is -2.05. The summed E-state index contributed by atoms with van der Waals surface area (Å²) in [6.45, 7) is 3.25. The Balaban J connectivity index is 1.86. The van der Waals surface area contributed by atoms with E-state index in [2.05, 4.69) is 5.32 Å². The maximum Gasteiger partial charge on any atom is 0.328 e. The van der Waals surface area contributed by atoms with E-state index in [0.717, 1.165) is 22.6 Å². The summed E-state index contributed by atoms with van der Waals surface area (Å²) >= 11 is 0. The second-order valence-corrected chi connectivity index (χ2v) is 4.12. The van der Waals surface area contributed by atoms with Crippen molar-refractivity contribution in [3.05, 3.63) is 35.4 Å². The zero-order chi connectivity index (χ0) is 13.0. The molecular weight excluding hydrogens is 234 g/mol. The zero-order valence-corrected chi connectivity index (χ0v) is 10.1. The first kappa shape index (κ1) is 12.4. The molecule has 96 valence electrons. The van der Waals surface area contributed by atoms with E-state index >= 15 is 0 Å². The number of nitrogens with one attached hydrogen (secondary N) is 1. The monoisotopic (exact) mass is 249 g/mol. The first-order valence-electron chi connectivity index (χ1n) is 5.64. The molecule has 0 amide bonds. The molecule has 2 rings (SSSR count). The summed E-state index contributed by atoms with van der Waals surface area (Å²) in [5, 5.41) is 11.7. The topological polar surface area (TPSA) is 67.8 Å². The molecule has 5 heteroatoms. The van der Waals surface area contributed by atoms with Crippen molar-refractivity contribution in [3.63, 3.8) is 0 Å². The number of carboxylic acid groups (broad SMARTS) is 1. The smallest absolute Gasteiger partial charge is 0.328 e. The minimum atomic E-state index is -0.919. The summed E-state index contributed by atoms with van der Waals surface area (Å²) < 4.78 is 10.5. The third kappa shape index (κ3) is 3.24. The summed E-state index contributed by atoms with van der Waals surface area (Å²) in [6, 6.07) is 5.75. The van der Waals surface area contributed by atoms with Crippen LogP contribution in [0.4, 0.5) is 0 Å². The molecule has 0 bridgehead atoms. The fourth-order valence-corrected chi connectivity index (χ4v) is 1.72. The van der Waals surface area contributed by atoms with Crippen LogP contribution >= 0.6 is 0 Å². The largest absolute Gasteiger partial charge is 0.478 e. The van der Waals surface area contributed by atoms with Crippen molar-refractivity contribution in [2.24, 2.45) is 0 Å². The van der Waals surface area contributed by atoms with Crippen molar-refractivity contribution in [3.8, 4) is 11.5 Å². The van der Waals surface area contributed by atoms with Gasteiger partial charge >= 0.3 is 5.97 Å². The summed E-state index contributed by atoms with van der Waals surface area (Å²) in [5.41, 5.74) is 1.85. The number of carbonyl (C=O) groups is 1. The number of carboxylic acids is 1. The Morgan fingerprint density at radius 1 is 1.44 bits per heavy atom. The van der Waals surface area contributed by atoms with Crippen LogP contribution in [-0.2, 0) is 11.3 Å². The van der Waals surface area contributed by atoms with Crippen LogP contribution < -0.4 is 14.8 Å². The normalized spacial score (nSPS) is 13.7. The van der Waals surface area contributed by atoms with Gasteiger partial charge in [-0.15, -0.1) is 0 Å². The van der Waals surface area contributed by atoms with E-state index in [0.29, 0.717) is 13.1 Å². The molecular formula is C13H15NO4. The van der Waals surface area contributed by atoms with Gasteiger partial charge in [-0.05, 0) is 24.6 Å². The van der Waals surface area contributed by atoms with Crippen LogP contribution in [0.5, 0.6) is 11.5 Å². The zero-order valence-electron chi connectivity index (χ0n) is 10.1. The quantitative estimate of drug-likeness (QED) is 0.775. The lowest BCUT2D eigenvalue weighted by Crippen LogP contribution is -2.16. The molecule has 1 aliphatic rings. The lowest BCUT2D eigenvalue weighted by molar-refractivity contribution is -0.131. The Labute approximate surface area is 105 Å². The van der Waals surface area contributed by atoms with Crippen molar-refractivity contribution in [2.45, 2.75) is 13.5 Å². The molecule has 0 unspecified atom stereocenters. The van der Waals surface area contributed by atoms with Crippen molar-refractivity contribution < 1.29 is 19.4 Å². The molecule has 0 spiro atoms. The van der Waals surface area contributed by atoms with Gasteiger partial charge in [0.25, 0.3) is 0 Å². The average molecular weight is 249 g/mol. The Hall–Kier alpha value is -2.01. The number of aliphatic carboxylic acids is 1. The van der Waals surface area contributed by atoms with Gasteiger partial charge in [-0.1, -0.05) is 11.6 Å². The van der Waals surface area contributed by atoms with Gasteiger partial charge in [0.2, 0.25) is 6.79 Å². The predicted molar refractivity (Wildman–Crippen MR) is 65.7 cm³/mol. The Morgan fingerprint density at radius 2 is 2.22 bits per heavy atom. The Morgan fingerprint density at radius 3 is 3.00 bits per heavy atom. The third-order valence-corrected chi connectivity index (χ3v) is 2.54. The number of ether oxygens (including phenoxy) is 2. The van der Waals surface area contributed by atoms with E-state index in [1.54, 1.807) is 6.92 Å². The van der Waals surface area contributed by atoms with Crippen LogP contribution in [0.1, 0.15) is 12.5 Å². The van der Waals surface area contributed by atoms with Crippen LogP contribution in [0.3, 0.4) is 0 Å². The summed E-state index contributed by atoms with van der Waals surface area (Å²) in [5.74, 6) is 0.602. The van der Waals surface area contributed by atoms with Crippen LogP contribution in [0.25, 0.3) is 0 Å². The number of hydrogen-bond acceptors (Lipinski definition) is 4. The van der Waals surface area contributed by atoms with E-state index in [1.807, 2.05) is 18.2 Å². The molecule has 0 fully saturated rings. The fraction of sp³-hybridized carbons (Fsp3) is 0.308. The predicted octanol–water partition coefficient (Wildman–Crippen LogP) is 1.54. The van der Waals surface area contributed by atoms with E-state index in [-0.39, 0.29) is 6.79 Å². The van der Waals surface area contributed by atoms with E-state index in [9.17, 15) is 4.79 Å². The van der Waals surface area contributed by atoms with Gasteiger partial charge in [0, 0.05) is 19.2 Å². The Kier molecular flexibility index (Phi) is 3.84. The molecule has 0 aromatic heterocycles. The summed E-state index contributed by atoms with van der Waals surface area (Å²) in [7, 11) is 0. The maximum atomic E-state index is 10.4. The van der Waals surface area contributed by atoms with Gasteiger partial charge in [0.1, 0.15) is 0 Å². The standard InChI is InChI=1S/C13H15NO4/c1-9(4-13(15)16)6-14-7-10-2-3-11-12(5-10)18-8-17-11/h2-5,14H,6-8H2,1H3,(H,15,16)/b9-4-. The van der Waals surface area contributed by atoms with Gasteiger partial charge in [-0.3, -0.25) is 0 Å². The van der Waals surface area contributed by atoms with Gasteiger partial charge in [0.15, 0.2) is 11.5 Å². The van der Waals surface area contributed by atoms with Gasteiger partial charge < -0.3 is 19.9 Å².